The summed E-state index contributed by atoms with van der Waals surface area (Å²) in [5.74, 6) is -0.209. The van der Waals surface area contributed by atoms with Crippen LogP contribution in [0.4, 0.5) is 4.39 Å². The molecule has 0 unspecified atom stereocenters. The van der Waals surface area contributed by atoms with E-state index in [9.17, 15) is 14.0 Å². The van der Waals surface area contributed by atoms with Crippen molar-refractivity contribution in [3.05, 3.63) is 35.6 Å². The molecule has 0 spiro atoms. The van der Waals surface area contributed by atoms with E-state index >= 15 is 0 Å². The Morgan fingerprint density at radius 1 is 1.30 bits per heavy atom. The molecule has 0 aromatic heterocycles. The number of hydrogen-bond donors (Lipinski definition) is 0. The summed E-state index contributed by atoms with van der Waals surface area (Å²) in [6.07, 6.45) is 1.45. The summed E-state index contributed by atoms with van der Waals surface area (Å²) in [7, 11) is 1.62. The molecular formula is C17H21FN2O3. The van der Waals surface area contributed by atoms with Crippen LogP contribution >= 0.6 is 0 Å². The van der Waals surface area contributed by atoms with E-state index in [1.807, 2.05) is 9.80 Å². The second-order valence-corrected chi connectivity index (χ2v) is 6.10. The normalized spacial score (nSPS) is 23.5. The molecule has 3 rings (SSSR count). The minimum absolute atomic E-state index is 0.00509. The van der Waals surface area contributed by atoms with Crippen LogP contribution in [-0.4, -0.2) is 60.5 Å². The molecule has 2 saturated heterocycles. The van der Waals surface area contributed by atoms with Gasteiger partial charge in [0.1, 0.15) is 5.82 Å². The molecule has 0 N–H and O–H groups in total. The van der Waals surface area contributed by atoms with Crippen LogP contribution in [0.1, 0.15) is 18.4 Å². The Labute approximate surface area is 135 Å². The predicted octanol–water partition coefficient (Wildman–Crippen LogP) is 1.22. The first-order valence-electron chi connectivity index (χ1n) is 7.92. The summed E-state index contributed by atoms with van der Waals surface area (Å²) in [5, 5.41) is 0. The minimum atomic E-state index is -0.308. The molecule has 6 heteroatoms. The maximum absolute atomic E-state index is 12.9. The van der Waals surface area contributed by atoms with Gasteiger partial charge in [0.25, 0.3) is 0 Å². The number of amides is 2. The fraction of sp³-hybridized carbons (Fsp3) is 0.529. The highest BCUT2D eigenvalue weighted by molar-refractivity contribution is 5.84. The second kappa shape index (κ2) is 6.66. The van der Waals surface area contributed by atoms with Gasteiger partial charge in [-0.3, -0.25) is 9.59 Å². The maximum atomic E-state index is 12.9. The highest BCUT2D eigenvalue weighted by Gasteiger charge is 2.47. The standard InChI is InChI=1S/C17H21FN2O3/c1-23-9-8-20-14-6-7-19(15(14)11-17(20)22)16(21)10-12-2-4-13(18)5-3-12/h2-5,14-15H,6-11H2,1H3/t14-,15+/m1/s1. The summed E-state index contributed by atoms with van der Waals surface area (Å²) in [6.45, 7) is 1.76. The lowest BCUT2D eigenvalue weighted by atomic mass is 10.1. The zero-order valence-corrected chi connectivity index (χ0v) is 13.2. The molecular weight excluding hydrogens is 299 g/mol. The first-order valence-corrected chi connectivity index (χ1v) is 7.92. The van der Waals surface area contributed by atoms with Crippen molar-refractivity contribution in [2.45, 2.75) is 31.3 Å². The number of fused-ring (bicyclic) bond motifs is 1. The number of halogens is 1. The van der Waals surface area contributed by atoms with Crippen molar-refractivity contribution in [3.63, 3.8) is 0 Å². The maximum Gasteiger partial charge on any atom is 0.227 e. The lowest BCUT2D eigenvalue weighted by Crippen LogP contribution is -2.41. The molecule has 2 fully saturated rings. The number of hydrogen-bond acceptors (Lipinski definition) is 3. The van der Waals surface area contributed by atoms with Crippen LogP contribution in [0.3, 0.4) is 0 Å². The number of carbonyl (C=O) groups excluding carboxylic acids is 2. The monoisotopic (exact) mass is 320 g/mol. The van der Waals surface area contributed by atoms with Crippen molar-refractivity contribution < 1.29 is 18.7 Å². The Kier molecular flexibility index (Phi) is 4.61. The van der Waals surface area contributed by atoms with E-state index in [-0.39, 0.29) is 36.1 Å². The van der Waals surface area contributed by atoms with Crippen LogP contribution in [0.5, 0.6) is 0 Å². The van der Waals surface area contributed by atoms with Crippen LogP contribution in [0.15, 0.2) is 24.3 Å². The lowest BCUT2D eigenvalue weighted by molar-refractivity contribution is -0.131. The quantitative estimate of drug-likeness (QED) is 0.819. The molecule has 2 atom stereocenters. The topological polar surface area (TPSA) is 49.9 Å². The summed E-state index contributed by atoms with van der Waals surface area (Å²) >= 11 is 0. The van der Waals surface area contributed by atoms with Crippen molar-refractivity contribution in [2.75, 3.05) is 26.8 Å². The number of carbonyl (C=O) groups is 2. The Bertz CT molecular complexity index is 590. The molecule has 23 heavy (non-hydrogen) atoms. The van der Waals surface area contributed by atoms with Gasteiger partial charge in [-0.05, 0) is 24.1 Å². The molecule has 2 amide bonds. The van der Waals surface area contributed by atoms with E-state index in [4.69, 9.17) is 4.74 Å². The highest BCUT2D eigenvalue weighted by atomic mass is 19.1. The van der Waals surface area contributed by atoms with Crippen molar-refractivity contribution in [2.24, 2.45) is 0 Å². The number of nitrogens with zero attached hydrogens (tertiary/aromatic N) is 2. The van der Waals surface area contributed by atoms with E-state index in [0.29, 0.717) is 26.1 Å². The average molecular weight is 320 g/mol. The molecule has 2 heterocycles. The summed E-state index contributed by atoms with van der Waals surface area (Å²) < 4.78 is 18.0. The van der Waals surface area contributed by atoms with Crippen molar-refractivity contribution in [1.29, 1.82) is 0 Å². The second-order valence-electron chi connectivity index (χ2n) is 6.10. The highest BCUT2D eigenvalue weighted by Crippen LogP contribution is 2.32. The van der Waals surface area contributed by atoms with Crippen LogP contribution < -0.4 is 0 Å². The van der Waals surface area contributed by atoms with Gasteiger partial charge in [-0.25, -0.2) is 4.39 Å². The molecule has 0 saturated carbocycles. The molecule has 1 aromatic rings. The molecule has 0 radical (unpaired) electrons. The zero-order valence-electron chi connectivity index (χ0n) is 13.2. The van der Waals surface area contributed by atoms with E-state index in [1.165, 1.54) is 12.1 Å². The van der Waals surface area contributed by atoms with Gasteiger partial charge >= 0.3 is 0 Å². The zero-order chi connectivity index (χ0) is 16.4. The van der Waals surface area contributed by atoms with Gasteiger partial charge in [-0.1, -0.05) is 12.1 Å². The van der Waals surface area contributed by atoms with Gasteiger partial charge in [0.05, 0.1) is 25.1 Å². The van der Waals surface area contributed by atoms with Crippen LogP contribution in [-0.2, 0) is 20.7 Å². The van der Waals surface area contributed by atoms with Crippen LogP contribution in [0.25, 0.3) is 0 Å². The number of ether oxygens (including phenoxy) is 1. The average Bonchev–Trinajstić information content (AvgIpc) is 3.06. The molecule has 5 nitrogen and oxygen atoms in total. The fourth-order valence-electron chi connectivity index (χ4n) is 3.60. The summed E-state index contributed by atoms with van der Waals surface area (Å²) in [5.41, 5.74) is 0.792. The van der Waals surface area contributed by atoms with Gasteiger partial charge in [0.15, 0.2) is 0 Å². The molecule has 2 aliphatic rings. The van der Waals surface area contributed by atoms with Gasteiger partial charge < -0.3 is 14.5 Å². The number of rotatable bonds is 5. The molecule has 124 valence electrons. The SMILES string of the molecule is COCCN1C(=O)C[C@H]2[C@H]1CCN2C(=O)Cc1ccc(F)cc1. The van der Waals surface area contributed by atoms with Crippen molar-refractivity contribution in [3.8, 4) is 0 Å². The third kappa shape index (κ3) is 3.22. The third-order valence-corrected chi connectivity index (χ3v) is 4.74. The molecule has 0 bridgehead atoms. The van der Waals surface area contributed by atoms with Crippen molar-refractivity contribution >= 4 is 11.8 Å². The van der Waals surface area contributed by atoms with Gasteiger partial charge in [-0.15, -0.1) is 0 Å². The van der Waals surface area contributed by atoms with E-state index < -0.39 is 0 Å². The van der Waals surface area contributed by atoms with Crippen molar-refractivity contribution in [1.82, 2.24) is 9.80 Å². The van der Waals surface area contributed by atoms with Gasteiger partial charge in [-0.2, -0.15) is 0 Å². The number of likely N-dealkylation sites (tertiary alicyclic amines) is 2. The molecule has 0 aliphatic carbocycles. The Morgan fingerprint density at radius 3 is 2.74 bits per heavy atom. The van der Waals surface area contributed by atoms with E-state index in [2.05, 4.69) is 0 Å². The lowest BCUT2D eigenvalue weighted by Gasteiger charge is -2.25. The van der Waals surface area contributed by atoms with Crippen LogP contribution in [0.2, 0.25) is 0 Å². The largest absolute Gasteiger partial charge is 0.383 e. The first-order chi connectivity index (χ1) is 11.1. The summed E-state index contributed by atoms with van der Waals surface area (Å²) in [6, 6.07) is 6.06. The summed E-state index contributed by atoms with van der Waals surface area (Å²) in [4.78, 5) is 28.4. The molecule has 1 aromatic carbocycles. The number of benzene rings is 1. The first kappa shape index (κ1) is 15.9. The molecule has 2 aliphatic heterocycles. The van der Waals surface area contributed by atoms with E-state index in [0.717, 1.165) is 12.0 Å². The number of methoxy groups -OCH3 is 1. The van der Waals surface area contributed by atoms with Crippen LogP contribution in [0, 0.1) is 5.82 Å². The van der Waals surface area contributed by atoms with Gasteiger partial charge in [0, 0.05) is 26.6 Å². The fourth-order valence-corrected chi connectivity index (χ4v) is 3.60. The Hall–Kier alpha value is -1.95. The van der Waals surface area contributed by atoms with E-state index in [1.54, 1.807) is 19.2 Å². The Balaban J connectivity index is 1.64. The predicted molar refractivity (Wildman–Crippen MR) is 82.2 cm³/mol. The van der Waals surface area contributed by atoms with Gasteiger partial charge in [0.2, 0.25) is 11.8 Å². The Morgan fingerprint density at radius 2 is 2.04 bits per heavy atom. The third-order valence-electron chi connectivity index (χ3n) is 4.74. The minimum Gasteiger partial charge on any atom is -0.383 e. The smallest absolute Gasteiger partial charge is 0.227 e.